The summed E-state index contributed by atoms with van der Waals surface area (Å²) in [7, 11) is -8.05. The minimum absolute atomic E-state index is 0.192. The smallest absolute Gasteiger partial charge is 0.335 e. The van der Waals surface area contributed by atoms with Crippen LogP contribution >= 0.6 is 15.0 Å². The highest BCUT2D eigenvalue weighted by molar-refractivity contribution is 7.87. The topological polar surface area (TPSA) is 82.1 Å². The molecule has 0 aromatic heterocycles. The van der Waals surface area contributed by atoms with Gasteiger partial charge in [-0.05, 0) is 49.5 Å². The molecule has 0 bridgehead atoms. The number of rotatable bonds is 26. The summed E-state index contributed by atoms with van der Waals surface area (Å²) in [6.45, 7) is 17.8. The van der Waals surface area contributed by atoms with E-state index in [2.05, 4.69) is 34.6 Å². The Morgan fingerprint density at radius 1 is 0.705 bits per heavy atom. The quantitative estimate of drug-likeness (QED) is 0.0728. The van der Waals surface area contributed by atoms with Gasteiger partial charge in [0, 0.05) is 18.4 Å². The average molecular weight is 658 g/mol. The van der Waals surface area contributed by atoms with Crippen LogP contribution in [0.3, 0.4) is 0 Å². The fraction of sp³-hybridized carbons (Fsp3) is 0.800. The molecule has 0 radical (unpaired) electrons. The van der Waals surface area contributed by atoms with Crippen LogP contribution in [0.25, 0.3) is 0 Å². The summed E-state index contributed by atoms with van der Waals surface area (Å²) in [4.78, 5) is 16.3. The molecule has 1 aromatic rings. The maximum absolute atomic E-state index is 15.5. The number of hydrogen-bond acceptors (Lipinski definition) is 6. The van der Waals surface area contributed by atoms with Crippen molar-refractivity contribution in [3.63, 3.8) is 0 Å². The van der Waals surface area contributed by atoms with E-state index in [9.17, 15) is 9.36 Å². The first kappa shape index (κ1) is 41.1. The molecule has 0 saturated heterocycles. The van der Waals surface area contributed by atoms with Crippen molar-refractivity contribution in [3.8, 4) is 0 Å². The van der Waals surface area contributed by atoms with Crippen LogP contribution in [0.5, 0.6) is 0 Å². The Labute approximate surface area is 270 Å². The van der Waals surface area contributed by atoms with Crippen LogP contribution in [0.4, 0.5) is 4.79 Å². The standard InChI is InChI=1S/C35H65NO6P2/c1-9-13-16-17-18-19-21-32-22-24-33(25-23-32)43(38,35(37)36(28-30(5)6)29-31(7)8)34(20-12-4)42-44(39,40-26-14-10-2)41-27-15-11-3/h22-25,30-31,34H,9-21,26-29H2,1-8H3. The molecule has 0 spiro atoms. The second-order valence-corrected chi connectivity index (χ2v) is 17.4. The van der Waals surface area contributed by atoms with E-state index in [-0.39, 0.29) is 31.5 Å². The van der Waals surface area contributed by atoms with Gasteiger partial charge in [-0.1, -0.05) is 131 Å². The van der Waals surface area contributed by atoms with Crippen LogP contribution in [0.15, 0.2) is 24.3 Å². The molecule has 0 heterocycles. The van der Waals surface area contributed by atoms with E-state index in [0.29, 0.717) is 37.7 Å². The van der Waals surface area contributed by atoms with Crippen molar-refractivity contribution in [3.05, 3.63) is 29.8 Å². The molecule has 0 N–H and O–H groups in total. The number of amides is 1. The van der Waals surface area contributed by atoms with Gasteiger partial charge in [-0.25, -0.2) is 4.57 Å². The number of phosphoric acid groups is 1. The summed E-state index contributed by atoms with van der Waals surface area (Å²) in [5, 5.41) is 0.443. The van der Waals surface area contributed by atoms with Gasteiger partial charge in [-0.3, -0.25) is 18.4 Å². The van der Waals surface area contributed by atoms with Gasteiger partial charge in [0.15, 0.2) is 0 Å². The van der Waals surface area contributed by atoms with Gasteiger partial charge in [0.05, 0.1) is 13.2 Å². The molecule has 7 nitrogen and oxygen atoms in total. The molecule has 1 aromatic carbocycles. The zero-order chi connectivity index (χ0) is 33.0. The zero-order valence-electron chi connectivity index (χ0n) is 29.4. The van der Waals surface area contributed by atoms with E-state index in [1.165, 1.54) is 32.1 Å². The number of aryl methyl sites for hydroxylation is 1. The summed E-state index contributed by atoms with van der Waals surface area (Å²) < 4.78 is 47.2. The largest absolute Gasteiger partial charge is 0.475 e. The normalized spacial score (nSPS) is 14.2. The molecule has 0 saturated carbocycles. The van der Waals surface area contributed by atoms with Gasteiger partial charge in [0.25, 0.3) is 5.65 Å². The number of phosphoric ester groups is 1. The molecule has 44 heavy (non-hydrogen) atoms. The lowest BCUT2D eigenvalue weighted by Crippen LogP contribution is -2.40. The summed E-state index contributed by atoms with van der Waals surface area (Å²) in [6.07, 6.45) is 12.2. The molecule has 0 aliphatic rings. The molecule has 0 aliphatic heterocycles. The Balaban J connectivity index is 3.54. The third-order valence-corrected chi connectivity index (χ3v) is 12.3. The monoisotopic (exact) mass is 657 g/mol. The van der Waals surface area contributed by atoms with Crippen LogP contribution < -0.4 is 5.30 Å². The van der Waals surface area contributed by atoms with Crippen LogP contribution in [-0.4, -0.2) is 42.7 Å². The highest BCUT2D eigenvalue weighted by Crippen LogP contribution is 2.62. The summed E-state index contributed by atoms with van der Waals surface area (Å²) in [6, 6.07) is 7.66. The van der Waals surface area contributed by atoms with E-state index in [0.717, 1.165) is 31.2 Å². The van der Waals surface area contributed by atoms with Gasteiger partial charge >= 0.3 is 7.82 Å². The van der Waals surface area contributed by atoms with Gasteiger partial charge in [0.1, 0.15) is 5.85 Å². The molecule has 0 aliphatic carbocycles. The number of benzene rings is 1. The second-order valence-electron chi connectivity index (χ2n) is 13.0. The first-order valence-corrected chi connectivity index (χ1v) is 20.8. The number of nitrogens with zero attached hydrogens (tertiary/aromatic N) is 1. The summed E-state index contributed by atoms with van der Waals surface area (Å²) in [5.41, 5.74) is 0.726. The molecule has 2 atom stereocenters. The maximum atomic E-state index is 15.5. The fourth-order valence-corrected chi connectivity index (χ4v) is 9.93. The Hall–Kier alpha value is -0.970. The Morgan fingerprint density at radius 2 is 1.20 bits per heavy atom. The van der Waals surface area contributed by atoms with Crippen LogP contribution in [0.1, 0.15) is 138 Å². The highest BCUT2D eigenvalue weighted by Gasteiger charge is 2.48. The van der Waals surface area contributed by atoms with E-state index in [4.69, 9.17) is 13.6 Å². The lowest BCUT2D eigenvalue weighted by Gasteiger charge is -2.35. The van der Waals surface area contributed by atoms with Crippen molar-refractivity contribution in [2.24, 2.45) is 11.8 Å². The average Bonchev–Trinajstić information content (AvgIpc) is 2.98. The van der Waals surface area contributed by atoms with Crippen LogP contribution in [0, 0.1) is 11.8 Å². The van der Waals surface area contributed by atoms with Gasteiger partial charge in [0.2, 0.25) is 7.14 Å². The first-order valence-electron chi connectivity index (χ1n) is 17.5. The lowest BCUT2D eigenvalue weighted by molar-refractivity contribution is 0.0972. The van der Waals surface area contributed by atoms with E-state index in [1.807, 2.05) is 45.0 Å². The van der Waals surface area contributed by atoms with Gasteiger partial charge in [-0.15, -0.1) is 0 Å². The molecule has 256 valence electrons. The predicted molar refractivity (Wildman–Crippen MR) is 187 cm³/mol. The van der Waals surface area contributed by atoms with Crippen molar-refractivity contribution in [1.82, 2.24) is 4.90 Å². The predicted octanol–water partition coefficient (Wildman–Crippen LogP) is 11.2. The van der Waals surface area contributed by atoms with Crippen molar-refractivity contribution >= 4 is 25.9 Å². The summed E-state index contributed by atoms with van der Waals surface area (Å²) in [5.74, 6) is -0.741. The molecule has 1 amide bonds. The minimum atomic E-state index is -4.09. The van der Waals surface area contributed by atoms with Crippen molar-refractivity contribution in [1.29, 1.82) is 0 Å². The van der Waals surface area contributed by atoms with Crippen LogP contribution in [-0.2, 0) is 29.1 Å². The number of carbonyl (C=O) groups excluding carboxylic acids is 1. The van der Waals surface area contributed by atoms with Gasteiger partial charge in [-0.2, -0.15) is 0 Å². The second kappa shape index (κ2) is 22.5. The zero-order valence-corrected chi connectivity index (χ0v) is 31.1. The third kappa shape index (κ3) is 14.6. The van der Waals surface area contributed by atoms with E-state index < -0.39 is 26.5 Å². The Bertz CT molecular complexity index is 973. The Morgan fingerprint density at radius 3 is 1.68 bits per heavy atom. The number of carbonyl (C=O) groups is 1. The molecule has 2 unspecified atom stereocenters. The van der Waals surface area contributed by atoms with Crippen LogP contribution in [0.2, 0.25) is 0 Å². The first-order chi connectivity index (χ1) is 21.0. The number of unbranched alkanes of at least 4 members (excludes halogenated alkanes) is 7. The van der Waals surface area contributed by atoms with Gasteiger partial charge < -0.3 is 9.46 Å². The summed E-state index contributed by atoms with van der Waals surface area (Å²) >= 11 is 0. The highest BCUT2D eigenvalue weighted by atomic mass is 31.2. The number of hydrogen-bond donors (Lipinski definition) is 0. The maximum Gasteiger partial charge on any atom is 0.475 e. The molecule has 1 rings (SSSR count). The molecular weight excluding hydrogens is 592 g/mol. The molecule has 9 heteroatoms. The Kier molecular flexibility index (Phi) is 21.0. The lowest BCUT2D eigenvalue weighted by atomic mass is 10.1. The van der Waals surface area contributed by atoms with Crippen molar-refractivity contribution in [2.75, 3.05) is 26.3 Å². The van der Waals surface area contributed by atoms with E-state index >= 15 is 4.57 Å². The van der Waals surface area contributed by atoms with Crippen molar-refractivity contribution < 1.29 is 27.5 Å². The molecular formula is C35H65NO6P2. The minimum Gasteiger partial charge on any atom is -0.335 e. The molecule has 0 fully saturated rings. The fourth-order valence-electron chi connectivity index (χ4n) is 5.15. The SMILES string of the molecule is CCCCCCCCc1ccc(P(=O)(C(=O)N(CC(C)C)CC(C)C)C(CCC)OP(=O)(OCCCC)OCCCC)cc1. The third-order valence-electron chi connectivity index (χ3n) is 7.55. The van der Waals surface area contributed by atoms with E-state index in [1.54, 1.807) is 4.90 Å². The van der Waals surface area contributed by atoms with Crippen molar-refractivity contribution in [2.45, 2.75) is 145 Å².